The number of hydrogen-bond acceptors (Lipinski definition) is 7. The lowest BCUT2D eigenvalue weighted by Gasteiger charge is -2.07. The Labute approximate surface area is 173 Å². The Bertz CT molecular complexity index is 855. The molecule has 7 nitrogen and oxygen atoms in total. The molecule has 1 fully saturated rings. The molecule has 0 bridgehead atoms. The second-order valence-electron chi connectivity index (χ2n) is 6.96. The van der Waals surface area contributed by atoms with Gasteiger partial charge < -0.3 is 14.6 Å². The Morgan fingerprint density at radius 1 is 1.36 bits per heavy atom. The molecular weight excluding hydrogens is 396 g/mol. The molecule has 9 heteroatoms. The van der Waals surface area contributed by atoms with Gasteiger partial charge in [-0.3, -0.25) is 4.79 Å². The summed E-state index contributed by atoms with van der Waals surface area (Å²) in [5.74, 6) is 1.43. The van der Waals surface area contributed by atoms with E-state index in [0.717, 1.165) is 35.2 Å². The number of rotatable bonds is 9. The number of nitrogens with zero attached hydrogens (tertiary/aromatic N) is 3. The summed E-state index contributed by atoms with van der Waals surface area (Å²) in [5, 5.41) is 12.7. The fourth-order valence-electron chi connectivity index (χ4n) is 2.79. The van der Waals surface area contributed by atoms with E-state index in [1.165, 1.54) is 23.1 Å². The first-order valence-electron chi connectivity index (χ1n) is 9.61. The van der Waals surface area contributed by atoms with E-state index in [4.69, 9.17) is 4.74 Å². The third-order valence-corrected chi connectivity index (χ3v) is 6.72. The summed E-state index contributed by atoms with van der Waals surface area (Å²) < 4.78 is 7.21. The highest BCUT2D eigenvalue weighted by atomic mass is 32.2. The number of amides is 1. The number of ether oxygens (including phenoxy) is 1. The molecule has 1 saturated carbocycles. The van der Waals surface area contributed by atoms with Crippen LogP contribution in [0.1, 0.15) is 73.4 Å². The Balaban J connectivity index is 1.67. The van der Waals surface area contributed by atoms with Crippen molar-refractivity contribution >= 4 is 40.0 Å². The van der Waals surface area contributed by atoms with Crippen molar-refractivity contribution in [3.63, 3.8) is 0 Å². The first-order chi connectivity index (χ1) is 13.4. The number of thiophene rings is 1. The van der Waals surface area contributed by atoms with Gasteiger partial charge in [0, 0.05) is 17.3 Å². The normalized spacial score (nSPS) is 13.8. The van der Waals surface area contributed by atoms with Gasteiger partial charge in [0.05, 0.1) is 17.9 Å². The minimum atomic E-state index is -0.409. The van der Waals surface area contributed by atoms with Gasteiger partial charge >= 0.3 is 5.97 Å². The Morgan fingerprint density at radius 3 is 2.71 bits per heavy atom. The third kappa shape index (κ3) is 4.75. The van der Waals surface area contributed by atoms with Gasteiger partial charge in [0.1, 0.15) is 10.8 Å². The predicted octanol–water partition coefficient (Wildman–Crippen LogP) is 4.27. The van der Waals surface area contributed by atoms with Crippen LogP contribution in [0.2, 0.25) is 0 Å². The van der Waals surface area contributed by atoms with E-state index in [0.29, 0.717) is 23.1 Å². The zero-order valence-corrected chi connectivity index (χ0v) is 18.3. The SMILES string of the molecule is CCOC(=O)c1cc(C(C)C)sc1NC(=O)CSc1nnc(C2CC2)n1CC. The van der Waals surface area contributed by atoms with E-state index >= 15 is 0 Å². The van der Waals surface area contributed by atoms with Gasteiger partial charge in [-0.2, -0.15) is 0 Å². The van der Waals surface area contributed by atoms with Crippen LogP contribution in [0.3, 0.4) is 0 Å². The van der Waals surface area contributed by atoms with Gasteiger partial charge in [0.15, 0.2) is 5.16 Å². The Kier molecular flexibility index (Phi) is 6.77. The second-order valence-corrected chi connectivity index (χ2v) is 8.99. The van der Waals surface area contributed by atoms with Gasteiger partial charge in [0.25, 0.3) is 0 Å². The molecule has 2 aromatic heterocycles. The summed E-state index contributed by atoms with van der Waals surface area (Å²) in [7, 11) is 0. The van der Waals surface area contributed by atoms with E-state index < -0.39 is 5.97 Å². The lowest BCUT2D eigenvalue weighted by atomic mass is 10.1. The summed E-state index contributed by atoms with van der Waals surface area (Å²) in [6.45, 7) is 9.02. The van der Waals surface area contributed by atoms with Crippen molar-refractivity contribution in [1.82, 2.24) is 14.8 Å². The van der Waals surface area contributed by atoms with E-state index in [1.807, 2.05) is 6.07 Å². The number of hydrogen-bond donors (Lipinski definition) is 1. The fourth-order valence-corrected chi connectivity index (χ4v) is 4.66. The number of carbonyl (C=O) groups excluding carboxylic acids is 2. The van der Waals surface area contributed by atoms with Gasteiger partial charge in [-0.25, -0.2) is 4.79 Å². The van der Waals surface area contributed by atoms with Crippen molar-refractivity contribution in [3.05, 3.63) is 22.3 Å². The molecule has 1 aliphatic rings. The minimum absolute atomic E-state index is 0.175. The monoisotopic (exact) mass is 422 g/mol. The number of aromatic nitrogens is 3. The van der Waals surface area contributed by atoms with Gasteiger partial charge in [-0.15, -0.1) is 21.5 Å². The number of thioether (sulfide) groups is 1. The van der Waals surface area contributed by atoms with Gasteiger partial charge in [0.2, 0.25) is 5.91 Å². The highest BCUT2D eigenvalue weighted by molar-refractivity contribution is 7.99. The van der Waals surface area contributed by atoms with Crippen molar-refractivity contribution in [2.45, 2.75) is 64.1 Å². The molecule has 0 radical (unpaired) electrons. The predicted molar refractivity (Wildman–Crippen MR) is 111 cm³/mol. The van der Waals surface area contributed by atoms with E-state index in [2.05, 4.69) is 40.9 Å². The largest absolute Gasteiger partial charge is 0.462 e. The maximum Gasteiger partial charge on any atom is 0.341 e. The lowest BCUT2D eigenvalue weighted by molar-refractivity contribution is -0.113. The van der Waals surface area contributed by atoms with Crippen molar-refractivity contribution in [1.29, 1.82) is 0 Å². The fraction of sp³-hybridized carbons (Fsp3) is 0.579. The van der Waals surface area contributed by atoms with Crippen LogP contribution in [0.25, 0.3) is 0 Å². The van der Waals surface area contributed by atoms with Crippen molar-refractivity contribution < 1.29 is 14.3 Å². The quantitative estimate of drug-likeness (QED) is 0.480. The summed E-state index contributed by atoms with van der Waals surface area (Å²) >= 11 is 2.79. The molecule has 0 unspecified atom stereocenters. The Morgan fingerprint density at radius 2 is 2.11 bits per heavy atom. The van der Waals surface area contributed by atoms with Crippen LogP contribution in [0.15, 0.2) is 11.2 Å². The topological polar surface area (TPSA) is 86.1 Å². The summed E-state index contributed by atoms with van der Waals surface area (Å²) in [4.78, 5) is 25.8. The molecule has 0 atom stereocenters. The maximum atomic E-state index is 12.5. The summed E-state index contributed by atoms with van der Waals surface area (Å²) in [6, 6.07) is 1.81. The van der Waals surface area contributed by atoms with Crippen LogP contribution < -0.4 is 5.32 Å². The number of carbonyl (C=O) groups is 2. The molecule has 1 N–H and O–H groups in total. The van der Waals surface area contributed by atoms with Crippen LogP contribution in [-0.4, -0.2) is 39.0 Å². The highest BCUT2D eigenvalue weighted by Crippen LogP contribution is 2.40. The molecule has 0 saturated heterocycles. The lowest BCUT2D eigenvalue weighted by Crippen LogP contribution is -2.16. The number of esters is 1. The molecule has 0 aromatic carbocycles. The van der Waals surface area contributed by atoms with E-state index in [9.17, 15) is 9.59 Å². The molecule has 152 valence electrons. The zero-order chi connectivity index (χ0) is 20.3. The molecule has 28 heavy (non-hydrogen) atoms. The van der Waals surface area contributed by atoms with Crippen LogP contribution in [0, 0.1) is 0 Å². The van der Waals surface area contributed by atoms with Crippen LogP contribution >= 0.6 is 23.1 Å². The number of nitrogens with one attached hydrogen (secondary N) is 1. The zero-order valence-electron chi connectivity index (χ0n) is 16.7. The first kappa shape index (κ1) is 20.9. The smallest absolute Gasteiger partial charge is 0.341 e. The van der Waals surface area contributed by atoms with Crippen LogP contribution in [-0.2, 0) is 16.1 Å². The van der Waals surface area contributed by atoms with Gasteiger partial charge in [-0.1, -0.05) is 25.6 Å². The molecule has 3 rings (SSSR count). The number of anilines is 1. The Hall–Kier alpha value is -1.87. The third-order valence-electron chi connectivity index (χ3n) is 4.41. The molecule has 1 amide bonds. The molecule has 2 aromatic rings. The molecule has 2 heterocycles. The van der Waals surface area contributed by atoms with Crippen molar-refractivity contribution in [2.75, 3.05) is 17.7 Å². The van der Waals surface area contributed by atoms with Crippen LogP contribution in [0.4, 0.5) is 5.00 Å². The minimum Gasteiger partial charge on any atom is -0.462 e. The van der Waals surface area contributed by atoms with E-state index in [1.54, 1.807) is 6.92 Å². The van der Waals surface area contributed by atoms with E-state index in [-0.39, 0.29) is 17.6 Å². The van der Waals surface area contributed by atoms with Gasteiger partial charge in [-0.05, 0) is 38.7 Å². The maximum absolute atomic E-state index is 12.5. The van der Waals surface area contributed by atoms with Crippen LogP contribution in [0.5, 0.6) is 0 Å². The molecular formula is C19H26N4O3S2. The average Bonchev–Trinajstić information content (AvgIpc) is 3.28. The van der Waals surface area contributed by atoms with Crippen molar-refractivity contribution in [3.8, 4) is 0 Å². The van der Waals surface area contributed by atoms with Crippen molar-refractivity contribution in [2.24, 2.45) is 0 Å². The average molecular weight is 423 g/mol. The second kappa shape index (κ2) is 9.09. The summed E-state index contributed by atoms with van der Waals surface area (Å²) in [6.07, 6.45) is 2.33. The highest BCUT2D eigenvalue weighted by Gasteiger charge is 2.30. The molecule has 0 aliphatic heterocycles. The molecule has 0 spiro atoms. The molecule has 1 aliphatic carbocycles. The first-order valence-corrected chi connectivity index (χ1v) is 11.4. The summed E-state index contributed by atoms with van der Waals surface area (Å²) in [5.41, 5.74) is 0.418. The standard InChI is InChI=1S/C19H26N4O3S2/c1-5-23-16(12-7-8-12)21-22-19(23)27-10-15(24)20-17-13(18(25)26-6-2)9-14(28-17)11(3)4/h9,11-12H,5-8,10H2,1-4H3,(H,20,24).